The van der Waals surface area contributed by atoms with Crippen LogP contribution in [-0.2, 0) is 16.1 Å². The number of carbonyl (C=O) groups is 1. The van der Waals surface area contributed by atoms with Crippen LogP contribution in [0.3, 0.4) is 0 Å². The maximum absolute atomic E-state index is 11.3. The lowest BCUT2D eigenvalue weighted by Gasteiger charge is -2.10. The Labute approximate surface area is 122 Å². The lowest BCUT2D eigenvalue weighted by molar-refractivity contribution is 0.0350. The van der Waals surface area contributed by atoms with Crippen LogP contribution < -0.4 is 0 Å². The molecule has 1 aromatic heterocycles. The van der Waals surface area contributed by atoms with Crippen LogP contribution in [0, 0.1) is 0 Å². The second-order valence-corrected chi connectivity index (χ2v) is 4.71. The molecule has 0 amide bonds. The summed E-state index contributed by atoms with van der Waals surface area (Å²) >= 11 is 5.91. The van der Waals surface area contributed by atoms with Crippen LogP contribution in [0.1, 0.15) is 34.9 Å². The Balaban J connectivity index is 1.96. The smallest absolute Gasteiger partial charge is 0.373 e. The highest BCUT2D eigenvalue weighted by atomic mass is 35.5. The number of hydrogen-bond donors (Lipinski definition) is 0. The zero-order valence-electron chi connectivity index (χ0n) is 11.3. The molecule has 1 heterocycles. The number of rotatable bonds is 5. The number of furan rings is 1. The summed E-state index contributed by atoms with van der Waals surface area (Å²) < 4.78 is 15.7. The quantitative estimate of drug-likeness (QED) is 0.782. The molecule has 0 bridgehead atoms. The van der Waals surface area contributed by atoms with Crippen molar-refractivity contribution >= 4 is 17.6 Å². The van der Waals surface area contributed by atoms with E-state index in [0.29, 0.717) is 17.4 Å². The Morgan fingerprint density at radius 1 is 1.35 bits per heavy atom. The van der Waals surface area contributed by atoms with E-state index >= 15 is 0 Å². The molecular formula is C15H15ClO4. The summed E-state index contributed by atoms with van der Waals surface area (Å²) in [4.78, 5) is 11.3. The van der Waals surface area contributed by atoms with Crippen molar-refractivity contribution in [3.05, 3.63) is 58.5 Å². The monoisotopic (exact) mass is 294 g/mol. The summed E-state index contributed by atoms with van der Waals surface area (Å²) in [5, 5.41) is 0.671. The van der Waals surface area contributed by atoms with Crippen LogP contribution in [0.15, 0.2) is 40.8 Å². The number of carbonyl (C=O) groups excluding carboxylic acids is 1. The SMILES string of the molecule is COC(=O)c1ccc(C(C)OCc2cccc(Cl)c2)o1. The molecule has 0 aliphatic heterocycles. The molecule has 0 aliphatic rings. The van der Waals surface area contributed by atoms with Crippen molar-refractivity contribution in [2.45, 2.75) is 19.6 Å². The fourth-order valence-electron chi connectivity index (χ4n) is 1.71. The summed E-state index contributed by atoms with van der Waals surface area (Å²) in [6.07, 6.45) is -0.271. The van der Waals surface area contributed by atoms with Crippen molar-refractivity contribution < 1.29 is 18.7 Å². The molecule has 2 rings (SSSR count). The lowest BCUT2D eigenvalue weighted by atomic mass is 10.2. The third kappa shape index (κ3) is 3.62. The first-order chi connectivity index (χ1) is 9.60. The van der Waals surface area contributed by atoms with Gasteiger partial charge in [0.05, 0.1) is 13.7 Å². The largest absolute Gasteiger partial charge is 0.463 e. The minimum atomic E-state index is -0.502. The highest BCUT2D eigenvalue weighted by molar-refractivity contribution is 6.30. The van der Waals surface area contributed by atoms with Crippen molar-refractivity contribution in [3.63, 3.8) is 0 Å². The second-order valence-electron chi connectivity index (χ2n) is 4.28. The normalized spacial score (nSPS) is 12.2. The summed E-state index contributed by atoms with van der Waals surface area (Å²) in [6, 6.07) is 10.7. The maximum atomic E-state index is 11.3. The Kier molecular flexibility index (Phi) is 4.82. The second kappa shape index (κ2) is 6.59. The van der Waals surface area contributed by atoms with Gasteiger partial charge in [0.1, 0.15) is 11.9 Å². The van der Waals surface area contributed by atoms with E-state index in [1.165, 1.54) is 7.11 Å². The van der Waals surface area contributed by atoms with Crippen molar-refractivity contribution in [2.75, 3.05) is 7.11 Å². The standard InChI is InChI=1S/C15H15ClO4/c1-10(13-6-7-14(20-13)15(17)18-2)19-9-11-4-3-5-12(16)8-11/h3-8,10H,9H2,1-2H3. The molecule has 0 radical (unpaired) electrons. The van der Waals surface area contributed by atoms with E-state index in [-0.39, 0.29) is 11.9 Å². The fraction of sp³-hybridized carbons (Fsp3) is 0.267. The molecular weight excluding hydrogens is 280 g/mol. The Morgan fingerprint density at radius 3 is 2.85 bits per heavy atom. The molecule has 1 atom stereocenters. The van der Waals surface area contributed by atoms with Crippen molar-refractivity contribution in [1.29, 1.82) is 0 Å². The van der Waals surface area contributed by atoms with Gasteiger partial charge in [-0.2, -0.15) is 0 Å². The van der Waals surface area contributed by atoms with Crippen molar-refractivity contribution in [1.82, 2.24) is 0 Å². The van der Waals surface area contributed by atoms with Crippen molar-refractivity contribution in [2.24, 2.45) is 0 Å². The van der Waals surface area contributed by atoms with Crippen LogP contribution in [-0.4, -0.2) is 13.1 Å². The molecule has 1 unspecified atom stereocenters. The maximum Gasteiger partial charge on any atom is 0.373 e. The summed E-state index contributed by atoms with van der Waals surface area (Å²) in [6.45, 7) is 2.26. The summed E-state index contributed by atoms with van der Waals surface area (Å²) in [7, 11) is 1.31. The molecule has 0 spiro atoms. The molecule has 0 saturated carbocycles. The van der Waals surface area contributed by atoms with Crippen LogP contribution in [0.2, 0.25) is 5.02 Å². The Bertz CT molecular complexity index is 591. The first kappa shape index (κ1) is 14.6. The van der Waals surface area contributed by atoms with E-state index in [9.17, 15) is 4.79 Å². The minimum Gasteiger partial charge on any atom is -0.463 e. The van der Waals surface area contributed by atoms with Crippen molar-refractivity contribution in [3.8, 4) is 0 Å². The predicted molar refractivity (Wildman–Crippen MR) is 74.7 cm³/mol. The van der Waals surface area contributed by atoms with E-state index in [2.05, 4.69) is 4.74 Å². The number of benzene rings is 1. The number of ether oxygens (including phenoxy) is 2. The first-order valence-corrected chi connectivity index (χ1v) is 6.52. The van der Waals surface area contributed by atoms with Gasteiger partial charge in [-0.25, -0.2) is 4.79 Å². The first-order valence-electron chi connectivity index (χ1n) is 6.14. The van der Waals surface area contributed by atoms with Crippen LogP contribution in [0.5, 0.6) is 0 Å². The molecule has 1 aromatic carbocycles. The molecule has 20 heavy (non-hydrogen) atoms. The molecule has 106 valence electrons. The van der Waals surface area contributed by atoms with Gasteiger partial charge < -0.3 is 13.9 Å². The molecule has 0 fully saturated rings. The van der Waals surface area contributed by atoms with E-state index < -0.39 is 5.97 Å². The van der Waals surface area contributed by atoms with Crippen LogP contribution >= 0.6 is 11.6 Å². The van der Waals surface area contributed by atoms with Gasteiger partial charge in [-0.05, 0) is 36.8 Å². The van der Waals surface area contributed by atoms with E-state index in [0.717, 1.165) is 5.56 Å². The zero-order valence-corrected chi connectivity index (χ0v) is 12.0. The third-order valence-corrected chi connectivity index (χ3v) is 3.04. The van der Waals surface area contributed by atoms with Gasteiger partial charge >= 0.3 is 5.97 Å². The lowest BCUT2D eigenvalue weighted by Crippen LogP contribution is -2.01. The van der Waals surface area contributed by atoms with Gasteiger partial charge in [-0.3, -0.25) is 0 Å². The summed E-state index contributed by atoms with van der Waals surface area (Å²) in [5.74, 6) is 0.242. The van der Waals surface area contributed by atoms with Crippen LogP contribution in [0.4, 0.5) is 0 Å². The predicted octanol–water partition coefficient (Wildman–Crippen LogP) is 4.00. The molecule has 2 aromatic rings. The molecule has 0 saturated heterocycles. The average molecular weight is 295 g/mol. The topological polar surface area (TPSA) is 48.7 Å². The van der Waals surface area contributed by atoms with E-state index in [1.807, 2.05) is 31.2 Å². The molecule has 0 aliphatic carbocycles. The van der Waals surface area contributed by atoms with Gasteiger partial charge in [-0.1, -0.05) is 23.7 Å². The number of hydrogen-bond acceptors (Lipinski definition) is 4. The highest BCUT2D eigenvalue weighted by Crippen LogP contribution is 2.22. The number of esters is 1. The van der Waals surface area contributed by atoms with E-state index in [1.54, 1.807) is 12.1 Å². The zero-order chi connectivity index (χ0) is 14.5. The van der Waals surface area contributed by atoms with Gasteiger partial charge in [0.25, 0.3) is 0 Å². The molecule has 4 nitrogen and oxygen atoms in total. The number of methoxy groups -OCH3 is 1. The Hall–Kier alpha value is -1.78. The third-order valence-electron chi connectivity index (χ3n) is 2.80. The molecule has 5 heteroatoms. The molecule has 0 N–H and O–H groups in total. The fourth-order valence-corrected chi connectivity index (χ4v) is 1.92. The Morgan fingerprint density at radius 2 is 2.15 bits per heavy atom. The van der Waals surface area contributed by atoms with Gasteiger partial charge in [0, 0.05) is 5.02 Å². The highest BCUT2D eigenvalue weighted by Gasteiger charge is 2.15. The van der Waals surface area contributed by atoms with Crippen LogP contribution in [0.25, 0.3) is 0 Å². The number of halogens is 1. The van der Waals surface area contributed by atoms with Gasteiger partial charge in [0.2, 0.25) is 5.76 Å². The summed E-state index contributed by atoms with van der Waals surface area (Å²) in [5.41, 5.74) is 0.976. The average Bonchev–Trinajstić information content (AvgIpc) is 2.94. The van der Waals surface area contributed by atoms with Gasteiger partial charge in [-0.15, -0.1) is 0 Å². The van der Waals surface area contributed by atoms with Gasteiger partial charge in [0.15, 0.2) is 0 Å². The van der Waals surface area contributed by atoms with E-state index in [4.69, 9.17) is 20.8 Å². The minimum absolute atomic E-state index is 0.167.